The van der Waals surface area contributed by atoms with Gasteiger partial charge in [0.2, 0.25) is 0 Å². The zero-order chi connectivity index (χ0) is 13.2. The van der Waals surface area contributed by atoms with Crippen molar-refractivity contribution in [1.29, 1.82) is 0 Å². The summed E-state index contributed by atoms with van der Waals surface area (Å²) >= 11 is 1.71. The van der Waals surface area contributed by atoms with Crippen LogP contribution in [0.3, 0.4) is 0 Å². The Labute approximate surface area is 118 Å². The minimum atomic E-state index is 0.586. The number of hydrogen-bond donors (Lipinski definition) is 2. The monoisotopic (exact) mass is 275 g/mol. The minimum absolute atomic E-state index is 0.586. The Morgan fingerprint density at radius 3 is 3.05 bits per heavy atom. The molecule has 0 radical (unpaired) electrons. The highest BCUT2D eigenvalue weighted by Crippen LogP contribution is 2.30. The number of fused-ring (bicyclic) bond motifs is 1. The molecule has 3 rings (SSSR count). The third kappa shape index (κ3) is 3.00. The van der Waals surface area contributed by atoms with E-state index < -0.39 is 0 Å². The van der Waals surface area contributed by atoms with E-state index in [4.69, 9.17) is 5.73 Å². The summed E-state index contributed by atoms with van der Waals surface area (Å²) in [4.78, 5) is 4.65. The Kier molecular flexibility index (Phi) is 3.60. The van der Waals surface area contributed by atoms with Crippen molar-refractivity contribution < 1.29 is 0 Å². The Balaban J connectivity index is 1.73. The van der Waals surface area contributed by atoms with E-state index in [-0.39, 0.29) is 0 Å². The Morgan fingerprint density at radius 2 is 2.16 bits per heavy atom. The maximum Gasteiger partial charge on any atom is 0.184 e. The summed E-state index contributed by atoms with van der Waals surface area (Å²) in [6, 6.07) is 6.51. The second kappa shape index (κ2) is 5.37. The molecule has 0 saturated heterocycles. The summed E-state index contributed by atoms with van der Waals surface area (Å²) in [5.41, 5.74) is 7.67. The fraction of sp³-hybridized carbons (Fsp3) is 0.533. The van der Waals surface area contributed by atoms with Crippen LogP contribution < -0.4 is 11.1 Å². The van der Waals surface area contributed by atoms with E-state index in [1.807, 2.05) is 18.2 Å². The number of thiazole rings is 1. The van der Waals surface area contributed by atoms with Crippen LogP contribution in [0, 0.1) is 5.92 Å². The Morgan fingerprint density at radius 1 is 1.26 bits per heavy atom. The largest absolute Gasteiger partial charge is 0.399 e. The first kappa shape index (κ1) is 12.7. The fourth-order valence-electron chi connectivity index (χ4n) is 2.81. The van der Waals surface area contributed by atoms with Crippen LogP contribution in [-0.4, -0.2) is 11.0 Å². The molecule has 0 spiro atoms. The van der Waals surface area contributed by atoms with Crippen molar-refractivity contribution in [2.24, 2.45) is 5.92 Å². The molecule has 1 aromatic carbocycles. The Bertz CT molecular complexity index is 564. The van der Waals surface area contributed by atoms with E-state index in [0.29, 0.717) is 6.04 Å². The number of nitrogens with zero attached hydrogens (tertiary/aromatic N) is 1. The molecule has 3 nitrogen and oxygen atoms in total. The number of aromatic nitrogens is 1. The first-order valence-electron chi connectivity index (χ1n) is 7.13. The van der Waals surface area contributed by atoms with Crippen molar-refractivity contribution in [3.05, 3.63) is 18.2 Å². The van der Waals surface area contributed by atoms with Crippen LogP contribution in [0.15, 0.2) is 18.2 Å². The summed E-state index contributed by atoms with van der Waals surface area (Å²) in [6.07, 6.45) is 6.56. The molecule has 1 aliphatic carbocycles. The summed E-state index contributed by atoms with van der Waals surface area (Å²) in [6.45, 7) is 2.36. The number of nitrogens with one attached hydrogen (secondary N) is 1. The molecule has 2 unspecified atom stereocenters. The van der Waals surface area contributed by atoms with Crippen molar-refractivity contribution in [1.82, 2.24) is 4.98 Å². The van der Waals surface area contributed by atoms with Crippen LogP contribution in [0.5, 0.6) is 0 Å². The SMILES string of the molecule is CC1CCCC(Nc2nc3ccc(N)cc3s2)CC1. The van der Waals surface area contributed by atoms with Crippen LogP contribution in [0.2, 0.25) is 0 Å². The molecule has 0 bridgehead atoms. The smallest absolute Gasteiger partial charge is 0.184 e. The number of nitrogens with two attached hydrogens (primary N) is 1. The van der Waals surface area contributed by atoms with Crippen LogP contribution in [-0.2, 0) is 0 Å². The number of nitrogen functional groups attached to an aromatic ring is 1. The van der Waals surface area contributed by atoms with Crippen molar-refractivity contribution >= 4 is 32.4 Å². The van der Waals surface area contributed by atoms with Gasteiger partial charge in [-0.15, -0.1) is 0 Å². The lowest BCUT2D eigenvalue weighted by Crippen LogP contribution is -2.18. The molecular formula is C15H21N3S. The third-order valence-corrected chi connectivity index (χ3v) is 4.95. The van der Waals surface area contributed by atoms with Gasteiger partial charge in [0.15, 0.2) is 5.13 Å². The summed E-state index contributed by atoms with van der Waals surface area (Å²) in [7, 11) is 0. The van der Waals surface area contributed by atoms with E-state index in [1.54, 1.807) is 11.3 Å². The van der Waals surface area contributed by atoms with Gasteiger partial charge >= 0.3 is 0 Å². The van der Waals surface area contributed by atoms with Crippen molar-refractivity contribution in [2.45, 2.75) is 45.1 Å². The average Bonchev–Trinajstić information content (AvgIpc) is 2.65. The molecule has 1 fully saturated rings. The maximum absolute atomic E-state index is 5.81. The predicted molar refractivity (Wildman–Crippen MR) is 83.7 cm³/mol. The van der Waals surface area contributed by atoms with Gasteiger partial charge in [-0.25, -0.2) is 4.98 Å². The summed E-state index contributed by atoms with van der Waals surface area (Å²) in [5, 5.41) is 4.66. The molecule has 102 valence electrons. The second-order valence-corrected chi connectivity index (χ2v) is 6.73. The van der Waals surface area contributed by atoms with Gasteiger partial charge in [0.05, 0.1) is 10.2 Å². The van der Waals surface area contributed by atoms with Crippen molar-refractivity contribution in [3.8, 4) is 0 Å². The highest BCUT2D eigenvalue weighted by Gasteiger charge is 2.17. The van der Waals surface area contributed by atoms with Gasteiger partial charge in [0.25, 0.3) is 0 Å². The van der Waals surface area contributed by atoms with E-state index in [1.165, 1.54) is 36.8 Å². The van der Waals surface area contributed by atoms with Gasteiger partial charge in [-0.05, 0) is 43.4 Å². The zero-order valence-corrected chi connectivity index (χ0v) is 12.2. The molecule has 1 saturated carbocycles. The lowest BCUT2D eigenvalue weighted by Gasteiger charge is -2.15. The van der Waals surface area contributed by atoms with Gasteiger partial charge in [0, 0.05) is 11.7 Å². The topological polar surface area (TPSA) is 50.9 Å². The van der Waals surface area contributed by atoms with Crippen LogP contribution in [0.4, 0.5) is 10.8 Å². The van der Waals surface area contributed by atoms with Gasteiger partial charge in [-0.2, -0.15) is 0 Å². The molecule has 0 aliphatic heterocycles. The molecule has 1 aliphatic rings. The van der Waals surface area contributed by atoms with Gasteiger partial charge in [-0.1, -0.05) is 31.1 Å². The highest BCUT2D eigenvalue weighted by molar-refractivity contribution is 7.22. The van der Waals surface area contributed by atoms with Gasteiger partial charge in [0.1, 0.15) is 0 Å². The third-order valence-electron chi connectivity index (χ3n) is 4.00. The standard InChI is InChI=1S/C15H21N3S/c1-10-3-2-4-12(7-5-10)17-15-18-13-8-6-11(16)9-14(13)19-15/h6,8-10,12H,2-5,7,16H2,1H3,(H,17,18). The lowest BCUT2D eigenvalue weighted by atomic mass is 10.0. The number of anilines is 2. The predicted octanol–water partition coefficient (Wildman–Crippen LogP) is 4.26. The summed E-state index contributed by atoms with van der Waals surface area (Å²) < 4.78 is 1.17. The molecule has 4 heteroatoms. The molecule has 1 aromatic heterocycles. The number of hydrogen-bond acceptors (Lipinski definition) is 4. The highest BCUT2D eigenvalue weighted by atomic mass is 32.1. The minimum Gasteiger partial charge on any atom is -0.399 e. The first-order valence-corrected chi connectivity index (χ1v) is 7.95. The molecular weight excluding hydrogens is 254 g/mol. The van der Waals surface area contributed by atoms with E-state index in [2.05, 4.69) is 17.2 Å². The molecule has 19 heavy (non-hydrogen) atoms. The first-order chi connectivity index (χ1) is 9.20. The molecule has 2 aromatic rings. The summed E-state index contributed by atoms with van der Waals surface area (Å²) in [5.74, 6) is 0.877. The van der Waals surface area contributed by atoms with Crippen molar-refractivity contribution in [2.75, 3.05) is 11.1 Å². The average molecular weight is 275 g/mol. The molecule has 3 N–H and O–H groups in total. The van der Waals surface area contributed by atoms with E-state index in [9.17, 15) is 0 Å². The maximum atomic E-state index is 5.81. The van der Waals surface area contributed by atoms with Crippen LogP contribution in [0.25, 0.3) is 10.2 Å². The van der Waals surface area contributed by atoms with Crippen LogP contribution in [0.1, 0.15) is 39.0 Å². The molecule has 2 atom stereocenters. The van der Waals surface area contributed by atoms with E-state index in [0.717, 1.165) is 22.3 Å². The van der Waals surface area contributed by atoms with E-state index >= 15 is 0 Å². The Hall–Kier alpha value is -1.29. The normalized spacial score (nSPS) is 24.3. The number of rotatable bonds is 2. The quantitative estimate of drug-likeness (QED) is 0.636. The second-order valence-electron chi connectivity index (χ2n) is 5.70. The van der Waals surface area contributed by atoms with Gasteiger partial charge < -0.3 is 11.1 Å². The lowest BCUT2D eigenvalue weighted by molar-refractivity contribution is 0.502. The van der Waals surface area contributed by atoms with Gasteiger partial charge in [-0.3, -0.25) is 0 Å². The zero-order valence-electron chi connectivity index (χ0n) is 11.4. The van der Waals surface area contributed by atoms with Crippen molar-refractivity contribution in [3.63, 3.8) is 0 Å². The molecule has 0 amide bonds. The molecule has 1 heterocycles. The fourth-order valence-corrected chi connectivity index (χ4v) is 3.80. The number of benzene rings is 1. The van der Waals surface area contributed by atoms with Crippen LogP contribution >= 0.6 is 11.3 Å².